The zero-order valence-electron chi connectivity index (χ0n) is 7.68. The van der Waals surface area contributed by atoms with Gasteiger partial charge in [-0.25, -0.2) is 0 Å². The highest BCUT2D eigenvalue weighted by atomic mass is 35.5. The minimum atomic E-state index is -0.492. The van der Waals surface area contributed by atoms with Gasteiger partial charge in [-0.2, -0.15) is 0 Å². The van der Waals surface area contributed by atoms with E-state index in [1.807, 2.05) is 0 Å². The Kier molecular flexibility index (Phi) is 3.93. The Hall–Kier alpha value is -1.75. The van der Waals surface area contributed by atoms with Gasteiger partial charge in [0.1, 0.15) is 5.75 Å². The largest absolute Gasteiger partial charge is 0.449 e. The molecule has 15 heavy (non-hydrogen) atoms. The number of hydrogen-bond donors (Lipinski definition) is 0. The molecule has 0 fully saturated rings. The molecular weight excluding hydrogens is 222 g/mol. The van der Waals surface area contributed by atoms with Crippen molar-refractivity contribution in [3.63, 3.8) is 0 Å². The van der Waals surface area contributed by atoms with Crippen molar-refractivity contribution in [2.45, 2.75) is 0 Å². The van der Waals surface area contributed by atoms with Crippen LogP contribution in [0.4, 0.5) is 5.69 Å². The van der Waals surface area contributed by atoms with Crippen molar-refractivity contribution in [3.8, 4) is 5.75 Å². The fraction of sp³-hybridized carbons (Fsp3) is 0.111. The van der Waals surface area contributed by atoms with Gasteiger partial charge in [0.05, 0.1) is 4.92 Å². The van der Waals surface area contributed by atoms with Crippen LogP contribution in [0.15, 0.2) is 36.8 Å². The third-order valence-corrected chi connectivity index (χ3v) is 1.60. The van der Waals surface area contributed by atoms with Gasteiger partial charge >= 0.3 is 0 Å². The summed E-state index contributed by atoms with van der Waals surface area (Å²) in [5.41, 5.74) is -0.00813. The standard InChI is InChI=1S/C9H8ClNO4/c1-7(14-6-10)15-9-4-2-8(3-5-9)11(12)13/h2-5H,1,6H2. The summed E-state index contributed by atoms with van der Waals surface area (Å²) >= 11 is 5.28. The zero-order chi connectivity index (χ0) is 11.3. The Bertz CT molecular complexity index is 363. The van der Waals surface area contributed by atoms with Gasteiger partial charge < -0.3 is 9.47 Å². The van der Waals surface area contributed by atoms with Crippen LogP contribution < -0.4 is 4.74 Å². The summed E-state index contributed by atoms with van der Waals surface area (Å²) in [5, 5.41) is 10.3. The maximum Gasteiger partial charge on any atom is 0.278 e. The summed E-state index contributed by atoms with van der Waals surface area (Å²) < 4.78 is 9.80. The molecule has 0 heterocycles. The Balaban J connectivity index is 2.64. The van der Waals surface area contributed by atoms with Crippen LogP contribution in [0.5, 0.6) is 5.75 Å². The Morgan fingerprint density at radius 2 is 2.07 bits per heavy atom. The van der Waals surface area contributed by atoms with Gasteiger partial charge in [0.15, 0.2) is 6.07 Å². The van der Waals surface area contributed by atoms with E-state index in [1.54, 1.807) is 0 Å². The number of non-ortho nitro benzene ring substituents is 1. The van der Waals surface area contributed by atoms with Crippen LogP contribution in [0, 0.1) is 10.1 Å². The van der Waals surface area contributed by atoms with E-state index in [0.29, 0.717) is 5.75 Å². The topological polar surface area (TPSA) is 61.6 Å². The lowest BCUT2D eigenvalue weighted by atomic mass is 10.3. The Morgan fingerprint density at radius 3 is 2.53 bits per heavy atom. The van der Waals surface area contributed by atoms with Crippen molar-refractivity contribution >= 4 is 17.3 Å². The lowest BCUT2D eigenvalue weighted by Crippen LogP contribution is -1.97. The Labute approximate surface area is 91.0 Å². The quantitative estimate of drug-likeness (QED) is 0.337. The number of alkyl halides is 1. The van der Waals surface area contributed by atoms with E-state index < -0.39 is 4.92 Å². The number of nitro groups is 1. The van der Waals surface area contributed by atoms with Gasteiger partial charge in [-0.15, -0.1) is 0 Å². The number of benzene rings is 1. The van der Waals surface area contributed by atoms with Crippen LogP contribution in [-0.2, 0) is 4.74 Å². The van der Waals surface area contributed by atoms with Gasteiger partial charge in [0.2, 0.25) is 0 Å². The summed E-state index contributed by atoms with van der Waals surface area (Å²) in [6.07, 6.45) is 0. The van der Waals surface area contributed by atoms with Crippen LogP contribution in [0.25, 0.3) is 0 Å². The highest BCUT2D eigenvalue weighted by Gasteiger charge is 2.05. The van der Waals surface area contributed by atoms with E-state index in [1.165, 1.54) is 24.3 Å². The highest BCUT2D eigenvalue weighted by molar-refractivity contribution is 6.17. The molecule has 0 amide bonds. The molecule has 5 nitrogen and oxygen atoms in total. The SMILES string of the molecule is C=C(OCCl)Oc1ccc([N+](=O)[O-])cc1. The number of nitrogens with zero attached hydrogens (tertiary/aromatic N) is 1. The molecule has 0 aromatic heterocycles. The first-order valence-corrected chi connectivity index (χ1v) is 4.47. The van der Waals surface area contributed by atoms with E-state index in [9.17, 15) is 10.1 Å². The van der Waals surface area contributed by atoms with Crippen molar-refractivity contribution in [2.75, 3.05) is 6.07 Å². The van der Waals surface area contributed by atoms with E-state index >= 15 is 0 Å². The summed E-state index contributed by atoms with van der Waals surface area (Å²) in [6, 6.07) is 5.47. The summed E-state index contributed by atoms with van der Waals surface area (Å²) in [7, 11) is 0. The van der Waals surface area contributed by atoms with Crippen molar-refractivity contribution in [3.05, 3.63) is 46.9 Å². The highest BCUT2D eigenvalue weighted by Crippen LogP contribution is 2.19. The number of hydrogen-bond acceptors (Lipinski definition) is 4. The van der Waals surface area contributed by atoms with Crippen LogP contribution in [0.2, 0.25) is 0 Å². The number of nitro benzene ring substituents is 1. The lowest BCUT2D eigenvalue weighted by Gasteiger charge is -2.06. The number of halogens is 1. The molecule has 1 aromatic carbocycles. The smallest absolute Gasteiger partial charge is 0.278 e. The van der Waals surface area contributed by atoms with Gasteiger partial charge in [-0.3, -0.25) is 10.1 Å². The average Bonchev–Trinajstić information content (AvgIpc) is 2.18. The minimum Gasteiger partial charge on any atom is -0.449 e. The first kappa shape index (κ1) is 11.3. The van der Waals surface area contributed by atoms with Gasteiger partial charge in [-0.1, -0.05) is 11.6 Å². The second kappa shape index (κ2) is 5.21. The molecule has 1 rings (SSSR count). The molecule has 0 aliphatic rings. The van der Waals surface area contributed by atoms with E-state index in [4.69, 9.17) is 21.1 Å². The second-order valence-corrected chi connectivity index (χ2v) is 2.70. The molecule has 0 saturated carbocycles. The molecule has 6 heteroatoms. The molecule has 0 N–H and O–H groups in total. The first-order valence-electron chi connectivity index (χ1n) is 3.93. The van der Waals surface area contributed by atoms with Crippen LogP contribution in [-0.4, -0.2) is 11.0 Å². The minimum absolute atomic E-state index is 0.00813. The molecular formula is C9H8ClNO4. The number of ether oxygens (including phenoxy) is 2. The van der Waals surface area contributed by atoms with Crippen molar-refractivity contribution < 1.29 is 14.4 Å². The third kappa shape index (κ3) is 3.47. The summed E-state index contributed by atoms with van der Waals surface area (Å²) in [4.78, 5) is 9.85. The second-order valence-electron chi connectivity index (χ2n) is 2.48. The zero-order valence-corrected chi connectivity index (χ0v) is 8.44. The molecule has 0 atom stereocenters. The van der Waals surface area contributed by atoms with Crippen LogP contribution in [0.3, 0.4) is 0 Å². The van der Waals surface area contributed by atoms with E-state index in [0.717, 1.165) is 0 Å². The van der Waals surface area contributed by atoms with Gasteiger partial charge in [0, 0.05) is 12.1 Å². The van der Waals surface area contributed by atoms with E-state index in [-0.39, 0.29) is 17.7 Å². The molecule has 80 valence electrons. The Morgan fingerprint density at radius 1 is 1.47 bits per heavy atom. The maximum atomic E-state index is 10.3. The molecule has 0 aliphatic heterocycles. The maximum absolute atomic E-state index is 10.3. The molecule has 0 saturated heterocycles. The summed E-state index contributed by atoms with van der Waals surface area (Å²) in [5.74, 6) is 0.439. The lowest BCUT2D eigenvalue weighted by molar-refractivity contribution is -0.384. The van der Waals surface area contributed by atoms with Gasteiger partial charge in [-0.05, 0) is 18.7 Å². The fourth-order valence-electron chi connectivity index (χ4n) is 0.858. The molecule has 0 spiro atoms. The van der Waals surface area contributed by atoms with Crippen molar-refractivity contribution in [1.82, 2.24) is 0 Å². The summed E-state index contributed by atoms with van der Waals surface area (Å²) in [6.45, 7) is 3.43. The molecule has 0 radical (unpaired) electrons. The normalized spacial score (nSPS) is 9.40. The van der Waals surface area contributed by atoms with E-state index in [2.05, 4.69) is 6.58 Å². The third-order valence-electron chi connectivity index (χ3n) is 1.49. The monoisotopic (exact) mass is 229 g/mol. The average molecular weight is 230 g/mol. The van der Waals surface area contributed by atoms with Crippen LogP contribution >= 0.6 is 11.6 Å². The van der Waals surface area contributed by atoms with Crippen molar-refractivity contribution in [2.24, 2.45) is 0 Å². The molecule has 0 aliphatic carbocycles. The predicted molar refractivity (Wildman–Crippen MR) is 54.7 cm³/mol. The first-order chi connectivity index (χ1) is 7.13. The molecule has 0 bridgehead atoms. The van der Waals surface area contributed by atoms with Gasteiger partial charge in [0.25, 0.3) is 11.6 Å². The predicted octanol–water partition coefficient (Wildman–Crippen LogP) is 2.66. The fourth-order valence-corrected chi connectivity index (χ4v) is 0.979. The molecule has 1 aromatic rings. The molecule has 0 unspecified atom stereocenters. The number of rotatable bonds is 5. The van der Waals surface area contributed by atoms with Crippen LogP contribution in [0.1, 0.15) is 0 Å². The van der Waals surface area contributed by atoms with Crippen molar-refractivity contribution in [1.29, 1.82) is 0 Å².